The van der Waals surface area contributed by atoms with Gasteiger partial charge in [0, 0.05) is 0 Å². The highest BCUT2D eigenvalue weighted by molar-refractivity contribution is 5.98. The number of carbonyl (C=O) groups is 2. The van der Waals surface area contributed by atoms with E-state index in [4.69, 9.17) is 9.47 Å². The lowest BCUT2D eigenvalue weighted by Gasteiger charge is -2.17. The first-order chi connectivity index (χ1) is 12.5. The van der Waals surface area contributed by atoms with E-state index in [0.717, 1.165) is 5.56 Å². The van der Waals surface area contributed by atoms with Crippen molar-refractivity contribution < 1.29 is 19.1 Å². The molecule has 0 heterocycles. The molecule has 0 aliphatic carbocycles. The van der Waals surface area contributed by atoms with Gasteiger partial charge in [-0.05, 0) is 37.6 Å². The molecule has 0 spiro atoms. The minimum absolute atomic E-state index is 0.276. The average molecular weight is 354 g/mol. The number of benzene rings is 2. The summed E-state index contributed by atoms with van der Waals surface area (Å²) in [7, 11) is 0. The Bertz CT molecular complexity index is 789. The first kappa shape index (κ1) is 19.1. The smallest absolute Gasteiger partial charge is 0.279 e. The van der Waals surface area contributed by atoms with Crippen LogP contribution in [0.3, 0.4) is 0 Å². The molecule has 0 aliphatic heterocycles. The molecule has 1 unspecified atom stereocenters. The highest BCUT2D eigenvalue weighted by Gasteiger charge is 2.18. The Morgan fingerprint density at radius 1 is 1.08 bits per heavy atom. The SMILES string of the molecule is C=CCOc1ccccc1C(=O)NNC(=O)C(C)Oc1ccccc1C. The van der Waals surface area contributed by atoms with Crippen LogP contribution in [0.4, 0.5) is 0 Å². The number of ether oxygens (including phenoxy) is 2. The summed E-state index contributed by atoms with van der Waals surface area (Å²) in [5, 5.41) is 0. The number of aryl methyl sites for hydroxylation is 1. The third-order valence-electron chi connectivity index (χ3n) is 3.55. The summed E-state index contributed by atoms with van der Waals surface area (Å²) in [6, 6.07) is 14.1. The quantitative estimate of drug-likeness (QED) is 0.592. The van der Waals surface area contributed by atoms with Crippen molar-refractivity contribution in [2.24, 2.45) is 0 Å². The van der Waals surface area contributed by atoms with Crippen LogP contribution < -0.4 is 20.3 Å². The van der Waals surface area contributed by atoms with E-state index in [0.29, 0.717) is 17.1 Å². The number of hydrogen-bond acceptors (Lipinski definition) is 4. The molecule has 6 heteroatoms. The van der Waals surface area contributed by atoms with E-state index in [1.165, 1.54) is 0 Å². The van der Waals surface area contributed by atoms with Gasteiger partial charge in [0.2, 0.25) is 0 Å². The fourth-order valence-corrected chi connectivity index (χ4v) is 2.15. The Hall–Kier alpha value is -3.28. The Morgan fingerprint density at radius 3 is 2.42 bits per heavy atom. The first-order valence-corrected chi connectivity index (χ1v) is 8.18. The van der Waals surface area contributed by atoms with Gasteiger partial charge in [-0.2, -0.15) is 0 Å². The molecular weight excluding hydrogens is 332 g/mol. The summed E-state index contributed by atoms with van der Waals surface area (Å²) in [6.07, 6.45) is 0.810. The van der Waals surface area contributed by atoms with Crippen molar-refractivity contribution in [3.8, 4) is 11.5 Å². The van der Waals surface area contributed by atoms with Crippen LogP contribution in [-0.4, -0.2) is 24.5 Å². The van der Waals surface area contributed by atoms with Crippen molar-refractivity contribution in [3.63, 3.8) is 0 Å². The van der Waals surface area contributed by atoms with Gasteiger partial charge in [0.1, 0.15) is 18.1 Å². The molecule has 0 radical (unpaired) electrons. The summed E-state index contributed by atoms with van der Waals surface area (Å²) in [4.78, 5) is 24.5. The Morgan fingerprint density at radius 2 is 1.73 bits per heavy atom. The summed E-state index contributed by atoms with van der Waals surface area (Å²) in [5.41, 5.74) is 5.97. The van der Waals surface area contributed by atoms with Crippen LogP contribution in [-0.2, 0) is 4.79 Å². The lowest BCUT2D eigenvalue weighted by molar-refractivity contribution is -0.128. The number of nitrogens with one attached hydrogen (secondary N) is 2. The van der Waals surface area contributed by atoms with Crippen LogP contribution in [0, 0.1) is 6.92 Å². The normalized spacial score (nSPS) is 11.2. The van der Waals surface area contributed by atoms with Crippen molar-refractivity contribution in [3.05, 3.63) is 72.3 Å². The van der Waals surface area contributed by atoms with E-state index >= 15 is 0 Å². The topological polar surface area (TPSA) is 76.7 Å². The molecule has 2 N–H and O–H groups in total. The monoisotopic (exact) mass is 354 g/mol. The van der Waals surface area contributed by atoms with Crippen molar-refractivity contribution in [2.75, 3.05) is 6.61 Å². The number of rotatable bonds is 7. The van der Waals surface area contributed by atoms with Crippen LogP contribution >= 0.6 is 0 Å². The maximum absolute atomic E-state index is 12.3. The molecule has 0 saturated heterocycles. The molecule has 0 saturated carbocycles. The second-order valence-corrected chi connectivity index (χ2v) is 5.56. The molecule has 26 heavy (non-hydrogen) atoms. The Labute approximate surface area is 152 Å². The van der Waals surface area contributed by atoms with Crippen LogP contribution in [0.1, 0.15) is 22.8 Å². The highest BCUT2D eigenvalue weighted by Crippen LogP contribution is 2.18. The predicted molar refractivity (Wildman–Crippen MR) is 99.0 cm³/mol. The average Bonchev–Trinajstić information content (AvgIpc) is 2.66. The maximum Gasteiger partial charge on any atom is 0.279 e. The van der Waals surface area contributed by atoms with Crippen LogP contribution in [0.2, 0.25) is 0 Å². The minimum Gasteiger partial charge on any atom is -0.489 e. The van der Waals surface area contributed by atoms with Gasteiger partial charge < -0.3 is 9.47 Å². The molecular formula is C20H22N2O4. The molecule has 2 amide bonds. The summed E-state index contributed by atoms with van der Waals surface area (Å²) in [5.74, 6) is 0.0696. The summed E-state index contributed by atoms with van der Waals surface area (Å²) >= 11 is 0. The van der Waals surface area contributed by atoms with Gasteiger partial charge in [0.25, 0.3) is 11.8 Å². The maximum atomic E-state index is 12.3. The zero-order valence-corrected chi connectivity index (χ0v) is 14.8. The van der Waals surface area contributed by atoms with Gasteiger partial charge in [-0.3, -0.25) is 20.4 Å². The third-order valence-corrected chi connectivity index (χ3v) is 3.55. The molecule has 136 valence electrons. The third kappa shape index (κ3) is 5.11. The molecule has 2 aromatic rings. The standard InChI is InChI=1S/C20H22N2O4/c1-4-13-25-18-12-8-6-10-16(18)20(24)22-21-19(23)15(3)26-17-11-7-5-9-14(17)2/h4-12,15H,1,13H2,2-3H3,(H,21,23)(H,22,24). The van der Waals surface area contributed by atoms with Crippen molar-refractivity contribution in [2.45, 2.75) is 20.0 Å². The van der Waals surface area contributed by atoms with Crippen molar-refractivity contribution >= 4 is 11.8 Å². The molecule has 0 fully saturated rings. The number of hydrazine groups is 1. The fourth-order valence-electron chi connectivity index (χ4n) is 2.15. The van der Waals surface area contributed by atoms with E-state index in [1.807, 2.05) is 25.1 Å². The van der Waals surface area contributed by atoms with E-state index in [2.05, 4.69) is 17.4 Å². The van der Waals surface area contributed by atoms with Crippen LogP contribution in [0.15, 0.2) is 61.2 Å². The van der Waals surface area contributed by atoms with E-state index in [-0.39, 0.29) is 6.61 Å². The number of para-hydroxylation sites is 2. The second-order valence-electron chi connectivity index (χ2n) is 5.56. The highest BCUT2D eigenvalue weighted by atomic mass is 16.5. The summed E-state index contributed by atoms with van der Waals surface area (Å²) < 4.78 is 11.1. The minimum atomic E-state index is -0.774. The predicted octanol–water partition coefficient (Wildman–Crippen LogP) is 2.79. The van der Waals surface area contributed by atoms with Gasteiger partial charge >= 0.3 is 0 Å². The molecule has 2 aromatic carbocycles. The van der Waals surface area contributed by atoms with Gasteiger partial charge in [-0.25, -0.2) is 0 Å². The first-order valence-electron chi connectivity index (χ1n) is 8.18. The van der Waals surface area contributed by atoms with Gasteiger partial charge in [-0.1, -0.05) is 43.0 Å². The number of hydrogen-bond donors (Lipinski definition) is 2. The molecule has 6 nitrogen and oxygen atoms in total. The van der Waals surface area contributed by atoms with Crippen LogP contribution in [0.25, 0.3) is 0 Å². The van der Waals surface area contributed by atoms with Crippen LogP contribution in [0.5, 0.6) is 11.5 Å². The largest absolute Gasteiger partial charge is 0.489 e. The lowest BCUT2D eigenvalue weighted by atomic mass is 10.2. The Balaban J connectivity index is 1.93. The molecule has 0 aromatic heterocycles. The van der Waals surface area contributed by atoms with Gasteiger partial charge in [-0.15, -0.1) is 0 Å². The second kappa shape index (κ2) is 9.27. The van der Waals surface area contributed by atoms with E-state index < -0.39 is 17.9 Å². The molecule has 1 atom stereocenters. The van der Waals surface area contributed by atoms with E-state index in [9.17, 15) is 9.59 Å². The zero-order valence-electron chi connectivity index (χ0n) is 14.8. The fraction of sp³-hybridized carbons (Fsp3) is 0.200. The Kier molecular flexibility index (Phi) is 6.79. The number of amides is 2. The van der Waals surface area contributed by atoms with E-state index in [1.54, 1.807) is 43.3 Å². The molecule has 0 aliphatic rings. The molecule has 0 bridgehead atoms. The van der Waals surface area contributed by atoms with Gasteiger partial charge in [0.15, 0.2) is 6.10 Å². The number of carbonyl (C=O) groups excluding carboxylic acids is 2. The summed E-state index contributed by atoms with van der Waals surface area (Å²) in [6.45, 7) is 7.35. The van der Waals surface area contributed by atoms with Crippen molar-refractivity contribution in [1.29, 1.82) is 0 Å². The van der Waals surface area contributed by atoms with Crippen molar-refractivity contribution in [1.82, 2.24) is 10.9 Å². The lowest BCUT2D eigenvalue weighted by Crippen LogP contribution is -2.47. The molecule has 2 rings (SSSR count). The zero-order chi connectivity index (χ0) is 18.9. The van der Waals surface area contributed by atoms with Gasteiger partial charge in [0.05, 0.1) is 5.56 Å².